The number of esters is 2. The molecule has 3 unspecified atom stereocenters. The van der Waals surface area contributed by atoms with E-state index in [2.05, 4.69) is 38.2 Å². The number of hydrogen-bond acceptors (Lipinski definition) is 10. The van der Waals surface area contributed by atoms with E-state index in [-0.39, 0.29) is 45.3 Å². The summed E-state index contributed by atoms with van der Waals surface area (Å²) in [5.41, 5.74) is 0. The first-order valence-electron chi connectivity index (χ1n) is 22.4. The van der Waals surface area contributed by atoms with Gasteiger partial charge in [-0.15, -0.1) is 0 Å². The van der Waals surface area contributed by atoms with Crippen molar-refractivity contribution in [3.8, 4) is 0 Å². The number of rotatable bonds is 40. The van der Waals surface area contributed by atoms with Crippen molar-refractivity contribution in [1.29, 1.82) is 0 Å². The van der Waals surface area contributed by atoms with Crippen molar-refractivity contribution in [2.75, 3.05) is 47.5 Å². The number of aliphatic hydroxyl groups is 2. The fourth-order valence-corrected chi connectivity index (χ4v) is 6.66. The number of phosphoric ester groups is 1. The van der Waals surface area contributed by atoms with Crippen LogP contribution in [0.5, 0.6) is 0 Å². The average Bonchev–Trinajstić information content (AvgIpc) is 3.15. The third kappa shape index (κ3) is 39.4. The van der Waals surface area contributed by atoms with E-state index in [0.717, 1.165) is 38.5 Å². The van der Waals surface area contributed by atoms with Crippen molar-refractivity contribution >= 4 is 19.8 Å². The third-order valence-electron chi connectivity index (χ3n) is 9.61. The molecular formula is C45H84NO10P. The minimum absolute atomic E-state index is 0.0823. The molecule has 0 aromatic carbocycles. The number of hydrogen-bond donors (Lipinski definition) is 2. The lowest BCUT2D eigenvalue weighted by Crippen LogP contribution is -2.37. The number of phosphoric acid groups is 1. The molecule has 4 atom stereocenters. The molecule has 12 heteroatoms. The van der Waals surface area contributed by atoms with Crippen LogP contribution in [0, 0.1) is 0 Å². The maximum Gasteiger partial charge on any atom is 0.306 e. The molecular weight excluding hydrogens is 745 g/mol. The molecule has 0 heterocycles. The number of likely N-dealkylation sites (N-methyl/N-ethyl adjacent to an activating group) is 1. The van der Waals surface area contributed by atoms with Gasteiger partial charge in [0.05, 0.1) is 40.0 Å². The zero-order valence-corrected chi connectivity index (χ0v) is 37.7. The zero-order valence-electron chi connectivity index (χ0n) is 36.8. The fourth-order valence-electron chi connectivity index (χ4n) is 5.93. The van der Waals surface area contributed by atoms with Crippen LogP contribution in [-0.2, 0) is 32.7 Å². The van der Waals surface area contributed by atoms with Crippen LogP contribution in [0.15, 0.2) is 36.5 Å². The average molecular weight is 830 g/mol. The molecule has 0 radical (unpaired) electrons. The second-order valence-corrected chi connectivity index (χ2v) is 17.8. The molecule has 334 valence electrons. The van der Waals surface area contributed by atoms with E-state index in [4.69, 9.17) is 18.5 Å². The van der Waals surface area contributed by atoms with Crippen molar-refractivity contribution in [3.05, 3.63) is 36.5 Å². The molecule has 0 spiro atoms. The molecule has 0 amide bonds. The number of ether oxygens (including phenoxy) is 2. The largest absolute Gasteiger partial charge is 0.756 e. The first-order valence-corrected chi connectivity index (χ1v) is 23.8. The maximum absolute atomic E-state index is 12.7. The first kappa shape index (κ1) is 55.2. The van der Waals surface area contributed by atoms with Gasteiger partial charge in [-0.25, -0.2) is 0 Å². The van der Waals surface area contributed by atoms with E-state index in [1.54, 1.807) is 0 Å². The van der Waals surface area contributed by atoms with Crippen LogP contribution in [0.2, 0.25) is 0 Å². The molecule has 0 aliphatic heterocycles. The number of carbonyl (C=O) groups is 2. The highest BCUT2D eigenvalue weighted by molar-refractivity contribution is 7.45. The maximum atomic E-state index is 12.7. The molecule has 0 bridgehead atoms. The Morgan fingerprint density at radius 2 is 1.14 bits per heavy atom. The highest BCUT2D eigenvalue weighted by Crippen LogP contribution is 2.38. The second-order valence-electron chi connectivity index (χ2n) is 16.4. The van der Waals surface area contributed by atoms with Crippen LogP contribution in [0.4, 0.5) is 0 Å². The van der Waals surface area contributed by atoms with Crippen molar-refractivity contribution in [2.24, 2.45) is 0 Å². The minimum atomic E-state index is -4.70. The number of quaternary nitrogens is 1. The summed E-state index contributed by atoms with van der Waals surface area (Å²) < 4.78 is 33.7. The van der Waals surface area contributed by atoms with Crippen LogP contribution in [0.25, 0.3) is 0 Å². The van der Waals surface area contributed by atoms with E-state index >= 15 is 0 Å². The zero-order chi connectivity index (χ0) is 42.5. The van der Waals surface area contributed by atoms with Crippen LogP contribution in [0.1, 0.15) is 174 Å². The van der Waals surface area contributed by atoms with E-state index in [1.165, 1.54) is 83.5 Å². The molecule has 2 N–H and O–H groups in total. The Kier molecular flexibility index (Phi) is 36.0. The molecule has 0 aliphatic carbocycles. The quantitative estimate of drug-likeness (QED) is 0.0201. The van der Waals surface area contributed by atoms with Crippen molar-refractivity contribution in [3.63, 3.8) is 0 Å². The molecule has 57 heavy (non-hydrogen) atoms. The normalized spacial score (nSPS) is 15.0. The van der Waals surface area contributed by atoms with Gasteiger partial charge in [0, 0.05) is 12.8 Å². The van der Waals surface area contributed by atoms with E-state index in [0.29, 0.717) is 17.4 Å². The van der Waals surface area contributed by atoms with Crippen LogP contribution in [-0.4, -0.2) is 92.5 Å². The third-order valence-corrected chi connectivity index (χ3v) is 10.6. The molecule has 0 aromatic heterocycles. The lowest BCUT2D eigenvalue weighted by Gasteiger charge is -2.28. The molecule has 0 saturated heterocycles. The van der Waals surface area contributed by atoms with Crippen LogP contribution >= 0.6 is 7.82 Å². The van der Waals surface area contributed by atoms with E-state index < -0.39 is 44.7 Å². The number of allylic oxidation sites excluding steroid dienone is 5. The smallest absolute Gasteiger partial charge is 0.306 e. The molecule has 0 aromatic rings. The summed E-state index contributed by atoms with van der Waals surface area (Å²) in [6.07, 6.45) is 33.4. The standard InChI is InChI=1S/C45H84NO10P/c1-6-8-10-12-14-16-18-20-21-23-25-27-29-31-35-44(49)53-39-41(40-55-57(51,52)54-38-37-46(3,4)5)56-45(50)36-32-34-43(48)42(47)33-30-28-26-24-22-19-17-15-13-11-9-7-2/h15,17,22,24,28,30,41-43,47-48H,6-14,16,18-21,23,25-27,29,31-40H2,1-5H3/b17-15-,24-22-,30-28-/t41-,42?,43?/m1/s1. The summed E-state index contributed by atoms with van der Waals surface area (Å²) in [6.45, 7) is 3.86. The SMILES string of the molecule is CCCCC/C=C\C/C=C\C/C=C\CC(O)C(O)CCCC(=O)O[C@H](COC(=O)CCCCCCCCCCCCCCCC)COP(=O)([O-])OCC[N+](C)(C)C. The van der Waals surface area contributed by atoms with E-state index in [1.807, 2.05) is 33.3 Å². The Balaban J connectivity index is 4.60. The number of carbonyl (C=O) groups excluding carboxylic acids is 2. The lowest BCUT2D eigenvalue weighted by molar-refractivity contribution is -0.870. The summed E-state index contributed by atoms with van der Waals surface area (Å²) in [5.74, 6) is -1.12. The Morgan fingerprint density at radius 1 is 0.632 bits per heavy atom. The van der Waals surface area contributed by atoms with Crippen LogP contribution < -0.4 is 4.89 Å². The summed E-state index contributed by atoms with van der Waals surface area (Å²) in [5, 5.41) is 20.8. The fraction of sp³-hybridized carbons (Fsp3) is 0.822. The first-order chi connectivity index (χ1) is 27.3. The van der Waals surface area contributed by atoms with Crippen molar-refractivity contribution < 1.29 is 52.3 Å². The number of nitrogens with zero attached hydrogens (tertiary/aromatic N) is 1. The molecule has 0 saturated carbocycles. The Bertz CT molecular complexity index is 1110. The predicted molar refractivity (Wildman–Crippen MR) is 229 cm³/mol. The molecule has 0 aliphatic rings. The van der Waals surface area contributed by atoms with Crippen molar-refractivity contribution in [1.82, 2.24) is 0 Å². The van der Waals surface area contributed by atoms with Gasteiger partial charge in [0.15, 0.2) is 6.10 Å². The molecule has 0 fully saturated rings. The predicted octanol–water partition coefficient (Wildman–Crippen LogP) is 9.83. The summed E-state index contributed by atoms with van der Waals surface area (Å²) in [6, 6.07) is 0. The minimum Gasteiger partial charge on any atom is -0.756 e. The molecule has 11 nitrogen and oxygen atoms in total. The Hall–Kier alpha value is -1.85. The van der Waals surface area contributed by atoms with Gasteiger partial charge in [-0.1, -0.05) is 147 Å². The Morgan fingerprint density at radius 3 is 1.72 bits per heavy atom. The topological polar surface area (TPSA) is 152 Å². The van der Waals surface area contributed by atoms with Crippen LogP contribution in [0.3, 0.4) is 0 Å². The Labute approximate surface area is 347 Å². The highest BCUT2D eigenvalue weighted by Gasteiger charge is 2.22. The van der Waals surface area contributed by atoms with Gasteiger partial charge in [-0.3, -0.25) is 14.2 Å². The summed E-state index contributed by atoms with van der Waals surface area (Å²) in [7, 11) is 0.991. The molecule has 0 rings (SSSR count). The summed E-state index contributed by atoms with van der Waals surface area (Å²) >= 11 is 0. The second kappa shape index (κ2) is 37.2. The van der Waals surface area contributed by atoms with Gasteiger partial charge >= 0.3 is 11.9 Å². The van der Waals surface area contributed by atoms with Gasteiger partial charge in [0.25, 0.3) is 7.82 Å². The van der Waals surface area contributed by atoms with Crippen molar-refractivity contribution in [2.45, 2.75) is 193 Å². The van der Waals surface area contributed by atoms with Gasteiger partial charge < -0.3 is 38.1 Å². The van der Waals surface area contributed by atoms with Gasteiger partial charge in [-0.05, 0) is 51.4 Å². The van der Waals surface area contributed by atoms with E-state index in [9.17, 15) is 29.3 Å². The van der Waals surface area contributed by atoms with Gasteiger partial charge in [0.2, 0.25) is 0 Å². The highest BCUT2D eigenvalue weighted by atomic mass is 31.2. The number of unbranched alkanes of at least 4 members (excludes halogenated alkanes) is 16. The van der Waals surface area contributed by atoms with Gasteiger partial charge in [0.1, 0.15) is 19.8 Å². The monoisotopic (exact) mass is 830 g/mol. The van der Waals surface area contributed by atoms with Gasteiger partial charge in [-0.2, -0.15) is 0 Å². The number of aliphatic hydroxyl groups excluding tert-OH is 2. The summed E-state index contributed by atoms with van der Waals surface area (Å²) in [4.78, 5) is 37.6. The lowest BCUT2D eigenvalue weighted by atomic mass is 10.0.